The van der Waals surface area contributed by atoms with Gasteiger partial charge in [-0.05, 0) is 19.1 Å². The molecule has 0 aliphatic rings. The predicted molar refractivity (Wildman–Crippen MR) is 78.5 cm³/mol. The van der Waals surface area contributed by atoms with Crippen LogP contribution in [0, 0.1) is 5.92 Å². The van der Waals surface area contributed by atoms with Crippen molar-refractivity contribution in [3.8, 4) is 0 Å². The van der Waals surface area contributed by atoms with Gasteiger partial charge in [-0.25, -0.2) is 0 Å². The summed E-state index contributed by atoms with van der Waals surface area (Å²) in [6.07, 6.45) is 1.60. The highest BCUT2D eigenvalue weighted by molar-refractivity contribution is 6.07. The first kappa shape index (κ1) is 14.2. The summed E-state index contributed by atoms with van der Waals surface area (Å²) < 4.78 is 0. The molecule has 2 rings (SSSR count). The Morgan fingerprint density at radius 3 is 2.50 bits per heavy atom. The second kappa shape index (κ2) is 5.82. The molecule has 0 fully saturated rings. The molecule has 0 saturated heterocycles. The van der Waals surface area contributed by atoms with Crippen molar-refractivity contribution in [1.29, 1.82) is 0 Å². The molecular weight excluding hydrogens is 252 g/mol. The van der Waals surface area contributed by atoms with E-state index in [0.717, 1.165) is 10.9 Å². The maximum Gasteiger partial charge on any atom is 0.252 e. The number of hydrogen-bond acceptors (Lipinski definition) is 3. The third-order valence-corrected chi connectivity index (χ3v) is 3.24. The Morgan fingerprint density at radius 2 is 1.80 bits per heavy atom. The van der Waals surface area contributed by atoms with Crippen molar-refractivity contribution in [2.45, 2.75) is 26.8 Å². The largest absolute Gasteiger partial charge is 0.342 e. The van der Waals surface area contributed by atoms with Crippen LogP contribution >= 0.6 is 0 Å². The number of pyridine rings is 1. The Labute approximate surface area is 118 Å². The van der Waals surface area contributed by atoms with E-state index in [1.165, 1.54) is 0 Å². The van der Waals surface area contributed by atoms with E-state index in [0.29, 0.717) is 5.56 Å². The zero-order valence-corrected chi connectivity index (χ0v) is 11.9. The van der Waals surface area contributed by atoms with E-state index in [-0.39, 0.29) is 17.6 Å². The smallest absolute Gasteiger partial charge is 0.252 e. The number of hydrogen-bond donors (Lipinski definition) is 1. The number of carbonyl (C=O) groups is 2. The van der Waals surface area contributed by atoms with Crippen LogP contribution in [-0.2, 0) is 4.79 Å². The fourth-order valence-corrected chi connectivity index (χ4v) is 2.14. The van der Waals surface area contributed by atoms with Gasteiger partial charge in [-0.1, -0.05) is 32.0 Å². The maximum absolute atomic E-state index is 12.3. The van der Waals surface area contributed by atoms with Crippen LogP contribution in [0.2, 0.25) is 0 Å². The van der Waals surface area contributed by atoms with Gasteiger partial charge in [-0.15, -0.1) is 0 Å². The zero-order chi connectivity index (χ0) is 14.7. The van der Waals surface area contributed by atoms with Gasteiger partial charge in [-0.3, -0.25) is 14.6 Å². The summed E-state index contributed by atoms with van der Waals surface area (Å²) in [5.74, 6) is -0.318. The molecule has 0 aliphatic carbocycles. The van der Waals surface area contributed by atoms with Crippen molar-refractivity contribution in [3.63, 3.8) is 0 Å². The summed E-state index contributed by atoms with van der Waals surface area (Å²) in [4.78, 5) is 28.4. The van der Waals surface area contributed by atoms with Crippen molar-refractivity contribution in [2.24, 2.45) is 5.92 Å². The number of para-hydroxylation sites is 1. The molecule has 104 valence electrons. The Hall–Kier alpha value is -2.23. The van der Waals surface area contributed by atoms with Crippen molar-refractivity contribution in [2.75, 3.05) is 0 Å². The Morgan fingerprint density at radius 1 is 1.10 bits per heavy atom. The monoisotopic (exact) mass is 270 g/mol. The highest BCUT2D eigenvalue weighted by Crippen LogP contribution is 2.16. The van der Waals surface area contributed by atoms with Gasteiger partial charge in [0.15, 0.2) is 5.78 Å². The number of ketones is 1. The molecule has 0 saturated carbocycles. The van der Waals surface area contributed by atoms with Crippen molar-refractivity contribution in [1.82, 2.24) is 10.3 Å². The van der Waals surface area contributed by atoms with Crippen LogP contribution in [0.1, 0.15) is 31.1 Å². The molecule has 1 N–H and O–H groups in total. The molecule has 4 nitrogen and oxygen atoms in total. The van der Waals surface area contributed by atoms with Gasteiger partial charge in [0.05, 0.1) is 17.1 Å². The molecule has 0 radical (unpaired) electrons. The fourth-order valence-electron chi connectivity index (χ4n) is 2.14. The minimum absolute atomic E-state index is 0.0247. The normalized spacial score (nSPS) is 12.4. The summed E-state index contributed by atoms with van der Waals surface area (Å²) in [7, 11) is 0. The average Bonchev–Trinajstić information content (AvgIpc) is 2.45. The van der Waals surface area contributed by atoms with Gasteiger partial charge < -0.3 is 5.32 Å². The van der Waals surface area contributed by atoms with E-state index in [1.807, 2.05) is 38.1 Å². The van der Waals surface area contributed by atoms with Crippen LogP contribution in [0.4, 0.5) is 0 Å². The third kappa shape index (κ3) is 2.85. The van der Waals surface area contributed by atoms with Crippen LogP contribution in [0.15, 0.2) is 36.5 Å². The molecule has 1 heterocycles. The van der Waals surface area contributed by atoms with Crippen LogP contribution in [0.25, 0.3) is 10.9 Å². The van der Waals surface area contributed by atoms with Crippen LogP contribution in [-0.4, -0.2) is 22.7 Å². The summed E-state index contributed by atoms with van der Waals surface area (Å²) in [6.45, 7) is 5.36. The van der Waals surface area contributed by atoms with E-state index < -0.39 is 6.04 Å². The standard InChI is InChI=1S/C16H18N2O2/c1-10(2)15(19)11(3)18-16(20)13-8-9-17-14-7-5-4-6-12(13)14/h4-11H,1-3H3,(H,18,20)/t11-/m1/s1. The summed E-state index contributed by atoms with van der Waals surface area (Å²) in [5, 5.41) is 3.54. The van der Waals surface area contributed by atoms with E-state index in [1.54, 1.807) is 19.2 Å². The number of nitrogens with one attached hydrogen (secondary N) is 1. The van der Waals surface area contributed by atoms with Crippen LogP contribution in [0.5, 0.6) is 0 Å². The fraction of sp³-hybridized carbons (Fsp3) is 0.312. The van der Waals surface area contributed by atoms with Gasteiger partial charge in [0.1, 0.15) is 0 Å². The lowest BCUT2D eigenvalue weighted by Crippen LogP contribution is -2.40. The summed E-state index contributed by atoms with van der Waals surface area (Å²) in [5.41, 5.74) is 1.31. The number of rotatable bonds is 4. The maximum atomic E-state index is 12.3. The van der Waals surface area contributed by atoms with Crippen molar-refractivity contribution in [3.05, 3.63) is 42.1 Å². The minimum atomic E-state index is -0.491. The summed E-state index contributed by atoms with van der Waals surface area (Å²) in [6, 6.07) is 8.63. The van der Waals surface area contributed by atoms with Crippen LogP contribution in [0.3, 0.4) is 0 Å². The predicted octanol–water partition coefficient (Wildman–Crippen LogP) is 2.58. The van der Waals surface area contributed by atoms with E-state index in [2.05, 4.69) is 10.3 Å². The molecule has 20 heavy (non-hydrogen) atoms. The Balaban J connectivity index is 2.26. The average molecular weight is 270 g/mol. The molecular formula is C16H18N2O2. The number of carbonyl (C=O) groups excluding carboxylic acids is 2. The number of benzene rings is 1. The minimum Gasteiger partial charge on any atom is -0.342 e. The number of amides is 1. The SMILES string of the molecule is CC(C)C(=O)[C@@H](C)NC(=O)c1ccnc2ccccc12. The Kier molecular flexibility index (Phi) is 4.13. The molecule has 0 aliphatic heterocycles. The lowest BCUT2D eigenvalue weighted by molar-refractivity contribution is -0.123. The molecule has 0 bridgehead atoms. The number of Topliss-reactive ketones (excluding diaryl/α,β-unsaturated/α-hetero) is 1. The van der Waals surface area contributed by atoms with Gasteiger partial charge in [0, 0.05) is 17.5 Å². The second-order valence-electron chi connectivity index (χ2n) is 5.13. The molecule has 1 aromatic carbocycles. The van der Waals surface area contributed by atoms with E-state index >= 15 is 0 Å². The number of fused-ring (bicyclic) bond motifs is 1. The molecule has 1 amide bonds. The van der Waals surface area contributed by atoms with E-state index in [9.17, 15) is 9.59 Å². The topological polar surface area (TPSA) is 59.1 Å². The molecule has 1 aromatic heterocycles. The first-order valence-corrected chi connectivity index (χ1v) is 6.69. The van der Waals surface area contributed by atoms with Gasteiger partial charge in [-0.2, -0.15) is 0 Å². The molecule has 4 heteroatoms. The Bertz CT molecular complexity index is 644. The van der Waals surface area contributed by atoms with E-state index in [4.69, 9.17) is 0 Å². The second-order valence-corrected chi connectivity index (χ2v) is 5.13. The highest BCUT2D eigenvalue weighted by Gasteiger charge is 2.20. The van der Waals surface area contributed by atoms with Gasteiger partial charge in [0.2, 0.25) is 0 Å². The highest BCUT2D eigenvalue weighted by atomic mass is 16.2. The molecule has 2 aromatic rings. The number of nitrogens with zero attached hydrogens (tertiary/aromatic N) is 1. The summed E-state index contributed by atoms with van der Waals surface area (Å²) >= 11 is 0. The molecule has 0 spiro atoms. The van der Waals surface area contributed by atoms with Crippen molar-refractivity contribution >= 4 is 22.6 Å². The zero-order valence-electron chi connectivity index (χ0n) is 11.9. The van der Waals surface area contributed by atoms with Crippen LogP contribution < -0.4 is 5.32 Å². The lowest BCUT2D eigenvalue weighted by atomic mass is 10.0. The first-order chi connectivity index (χ1) is 9.50. The molecule has 0 unspecified atom stereocenters. The van der Waals surface area contributed by atoms with Crippen molar-refractivity contribution < 1.29 is 9.59 Å². The molecule has 1 atom stereocenters. The lowest BCUT2D eigenvalue weighted by Gasteiger charge is -2.15. The van der Waals surface area contributed by atoms with Gasteiger partial charge in [0.25, 0.3) is 5.91 Å². The quantitative estimate of drug-likeness (QED) is 0.929. The third-order valence-electron chi connectivity index (χ3n) is 3.24. The first-order valence-electron chi connectivity index (χ1n) is 6.69. The van der Waals surface area contributed by atoms with Gasteiger partial charge >= 0.3 is 0 Å². The number of aromatic nitrogens is 1.